The van der Waals surface area contributed by atoms with Crippen LogP contribution in [0.1, 0.15) is 0 Å². The largest absolute Gasteiger partial charge is 0.347 e. The highest BCUT2D eigenvalue weighted by Crippen LogP contribution is 2.17. The van der Waals surface area contributed by atoms with Gasteiger partial charge in [0, 0.05) is 10.7 Å². The van der Waals surface area contributed by atoms with Crippen LogP contribution in [0.25, 0.3) is 5.69 Å². The fraction of sp³-hybridized carbons (Fsp3) is 0. The molecule has 0 bridgehead atoms. The van der Waals surface area contributed by atoms with E-state index in [-0.39, 0.29) is 4.90 Å². The number of aromatic nitrogens is 3. The Labute approximate surface area is 94.9 Å². The Morgan fingerprint density at radius 2 is 2.12 bits per heavy atom. The van der Waals surface area contributed by atoms with Crippen LogP contribution in [-0.2, 0) is 9.05 Å². The van der Waals surface area contributed by atoms with E-state index in [2.05, 4.69) is 10.1 Å². The third-order valence-corrected chi connectivity index (χ3v) is 3.25. The predicted octanol–water partition coefficient (Wildman–Crippen LogP) is 0.488. The van der Waals surface area contributed by atoms with Crippen LogP contribution in [0.3, 0.4) is 0 Å². The van der Waals surface area contributed by atoms with E-state index in [4.69, 9.17) is 10.7 Å². The Balaban J connectivity index is 2.62. The summed E-state index contributed by atoms with van der Waals surface area (Å²) in [5.41, 5.74) is -0.128. The minimum Gasteiger partial charge on any atom is -0.295 e. The molecule has 2 aromatic rings. The molecule has 0 amide bonds. The number of halogens is 1. The van der Waals surface area contributed by atoms with Crippen molar-refractivity contribution >= 4 is 19.7 Å². The molecule has 8 heteroatoms. The SMILES string of the molecule is O=c1[nH]cnn1-c1cccc(S(=O)(=O)Cl)c1. The lowest BCUT2D eigenvalue weighted by molar-refractivity contribution is 0.609. The molecule has 1 N–H and O–H groups in total. The van der Waals surface area contributed by atoms with Gasteiger partial charge in [-0.05, 0) is 18.2 Å². The van der Waals surface area contributed by atoms with Crippen molar-refractivity contribution in [1.29, 1.82) is 0 Å². The zero-order chi connectivity index (χ0) is 11.8. The standard InChI is InChI=1S/C8H6ClN3O3S/c9-16(14,15)7-3-1-2-6(4-7)12-8(13)10-5-11-12/h1-5H,(H,10,11,13). The second kappa shape index (κ2) is 3.76. The molecule has 0 fully saturated rings. The van der Waals surface area contributed by atoms with Crippen LogP contribution < -0.4 is 5.69 Å². The number of nitrogens with one attached hydrogen (secondary N) is 1. The normalized spacial score (nSPS) is 11.6. The van der Waals surface area contributed by atoms with Crippen molar-refractivity contribution < 1.29 is 8.42 Å². The third-order valence-electron chi connectivity index (χ3n) is 1.90. The molecule has 2 rings (SSSR count). The summed E-state index contributed by atoms with van der Waals surface area (Å²) < 4.78 is 23.2. The van der Waals surface area contributed by atoms with Gasteiger partial charge in [-0.25, -0.2) is 13.2 Å². The molecule has 0 aliphatic rings. The van der Waals surface area contributed by atoms with Crippen LogP contribution in [0.5, 0.6) is 0 Å². The Bertz CT molecular complexity index is 674. The first-order valence-electron chi connectivity index (χ1n) is 4.16. The molecular weight excluding hydrogens is 254 g/mol. The lowest BCUT2D eigenvalue weighted by Gasteiger charge is -2.00. The topological polar surface area (TPSA) is 84.8 Å². The van der Waals surface area contributed by atoms with Crippen molar-refractivity contribution in [2.24, 2.45) is 0 Å². The molecule has 1 aromatic carbocycles. The Hall–Kier alpha value is -1.60. The summed E-state index contributed by atoms with van der Waals surface area (Å²) in [6.07, 6.45) is 1.21. The summed E-state index contributed by atoms with van der Waals surface area (Å²) >= 11 is 0. The molecule has 1 heterocycles. The van der Waals surface area contributed by atoms with Crippen molar-refractivity contribution in [2.75, 3.05) is 0 Å². The van der Waals surface area contributed by atoms with Crippen molar-refractivity contribution in [3.05, 3.63) is 41.1 Å². The number of nitrogens with zero attached hydrogens (tertiary/aromatic N) is 2. The van der Waals surface area contributed by atoms with E-state index in [1.54, 1.807) is 6.07 Å². The summed E-state index contributed by atoms with van der Waals surface area (Å²) in [4.78, 5) is 13.5. The van der Waals surface area contributed by atoms with E-state index >= 15 is 0 Å². The number of benzene rings is 1. The van der Waals surface area contributed by atoms with Crippen LogP contribution in [0.2, 0.25) is 0 Å². The van der Waals surface area contributed by atoms with E-state index in [1.807, 2.05) is 0 Å². The van der Waals surface area contributed by atoms with Gasteiger partial charge in [0.25, 0.3) is 9.05 Å². The predicted molar refractivity (Wildman–Crippen MR) is 57.2 cm³/mol. The molecule has 16 heavy (non-hydrogen) atoms. The fourth-order valence-corrected chi connectivity index (χ4v) is 2.00. The molecular formula is C8H6ClN3O3S. The van der Waals surface area contributed by atoms with E-state index in [9.17, 15) is 13.2 Å². The highest BCUT2D eigenvalue weighted by Gasteiger charge is 2.11. The van der Waals surface area contributed by atoms with E-state index in [1.165, 1.54) is 24.5 Å². The van der Waals surface area contributed by atoms with Crippen LogP contribution in [-0.4, -0.2) is 23.2 Å². The number of hydrogen-bond donors (Lipinski definition) is 1. The Kier molecular flexibility index (Phi) is 2.56. The number of rotatable bonds is 2. The smallest absolute Gasteiger partial charge is 0.295 e. The molecule has 0 atom stereocenters. The van der Waals surface area contributed by atoms with Crippen molar-refractivity contribution in [2.45, 2.75) is 4.90 Å². The van der Waals surface area contributed by atoms with Gasteiger partial charge in [-0.15, -0.1) is 0 Å². The van der Waals surface area contributed by atoms with Gasteiger partial charge < -0.3 is 0 Å². The van der Waals surface area contributed by atoms with Crippen LogP contribution in [0, 0.1) is 0 Å². The number of H-pyrrole nitrogens is 1. The van der Waals surface area contributed by atoms with Gasteiger partial charge >= 0.3 is 5.69 Å². The molecule has 1 aromatic heterocycles. The van der Waals surface area contributed by atoms with E-state index in [0.29, 0.717) is 5.69 Å². The Morgan fingerprint density at radius 1 is 1.38 bits per heavy atom. The fourth-order valence-electron chi connectivity index (χ4n) is 1.21. The second-order valence-electron chi connectivity index (χ2n) is 2.94. The lowest BCUT2D eigenvalue weighted by Crippen LogP contribution is -2.16. The third kappa shape index (κ3) is 2.00. The van der Waals surface area contributed by atoms with Gasteiger partial charge in [0.1, 0.15) is 6.33 Å². The van der Waals surface area contributed by atoms with Gasteiger partial charge in [-0.3, -0.25) is 4.98 Å². The molecule has 0 spiro atoms. The average molecular weight is 260 g/mol. The van der Waals surface area contributed by atoms with Crippen LogP contribution in [0.4, 0.5) is 0 Å². The first-order chi connectivity index (χ1) is 7.48. The molecule has 0 radical (unpaired) electrons. The van der Waals surface area contributed by atoms with Gasteiger partial charge in [-0.1, -0.05) is 6.07 Å². The number of aromatic amines is 1. The minimum absolute atomic E-state index is 0.0819. The number of hydrogen-bond acceptors (Lipinski definition) is 4. The molecule has 6 nitrogen and oxygen atoms in total. The van der Waals surface area contributed by atoms with Crippen LogP contribution >= 0.6 is 10.7 Å². The van der Waals surface area contributed by atoms with Crippen molar-refractivity contribution in [1.82, 2.24) is 14.8 Å². The second-order valence-corrected chi connectivity index (χ2v) is 5.51. The Morgan fingerprint density at radius 3 is 2.69 bits per heavy atom. The highest BCUT2D eigenvalue weighted by molar-refractivity contribution is 8.13. The summed E-state index contributed by atoms with van der Waals surface area (Å²) in [6.45, 7) is 0. The van der Waals surface area contributed by atoms with Gasteiger partial charge in [0.15, 0.2) is 0 Å². The molecule has 84 valence electrons. The zero-order valence-electron chi connectivity index (χ0n) is 7.79. The molecule has 0 aliphatic carbocycles. The van der Waals surface area contributed by atoms with E-state index < -0.39 is 14.7 Å². The first kappa shape index (κ1) is 10.9. The first-order valence-corrected chi connectivity index (χ1v) is 6.47. The molecule has 0 saturated carbocycles. The van der Waals surface area contributed by atoms with Gasteiger partial charge in [0.05, 0.1) is 10.6 Å². The monoisotopic (exact) mass is 259 g/mol. The quantitative estimate of drug-likeness (QED) is 0.796. The summed E-state index contributed by atoms with van der Waals surface area (Å²) in [5, 5.41) is 3.72. The van der Waals surface area contributed by atoms with Crippen molar-refractivity contribution in [3.8, 4) is 5.69 Å². The average Bonchev–Trinajstić information content (AvgIpc) is 2.63. The maximum Gasteiger partial charge on any atom is 0.347 e. The molecule has 0 saturated heterocycles. The summed E-state index contributed by atoms with van der Waals surface area (Å²) in [7, 11) is 1.38. The summed E-state index contributed by atoms with van der Waals surface area (Å²) in [5.74, 6) is 0. The maximum atomic E-state index is 11.2. The molecule has 0 unspecified atom stereocenters. The maximum absolute atomic E-state index is 11.2. The van der Waals surface area contributed by atoms with Gasteiger partial charge in [-0.2, -0.15) is 9.78 Å². The van der Waals surface area contributed by atoms with Crippen molar-refractivity contribution in [3.63, 3.8) is 0 Å². The highest BCUT2D eigenvalue weighted by atomic mass is 35.7. The zero-order valence-corrected chi connectivity index (χ0v) is 9.36. The summed E-state index contributed by atoms with van der Waals surface area (Å²) in [6, 6.07) is 5.63. The lowest BCUT2D eigenvalue weighted by atomic mass is 10.3. The minimum atomic E-state index is -3.81. The van der Waals surface area contributed by atoms with Crippen LogP contribution in [0.15, 0.2) is 40.3 Å². The molecule has 0 aliphatic heterocycles. The van der Waals surface area contributed by atoms with Gasteiger partial charge in [0.2, 0.25) is 0 Å². The van der Waals surface area contributed by atoms with E-state index in [0.717, 1.165) is 4.68 Å².